The summed E-state index contributed by atoms with van der Waals surface area (Å²) in [5.74, 6) is 0.0112. The van der Waals surface area contributed by atoms with Crippen molar-refractivity contribution in [3.63, 3.8) is 0 Å². The van der Waals surface area contributed by atoms with E-state index < -0.39 is 5.41 Å². The smallest absolute Gasteiger partial charge is 0.229 e. The lowest BCUT2D eigenvalue weighted by atomic mass is 9.95. The Labute approximate surface area is 108 Å². The van der Waals surface area contributed by atoms with E-state index in [-0.39, 0.29) is 5.91 Å². The third kappa shape index (κ3) is 3.74. The van der Waals surface area contributed by atoms with Gasteiger partial charge in [-0.2, -0.15) is 0 Å². The minimum Gasteiger partial charge on any atom is -0.325 e. The summed E-state index contributed by atoms with van der Waals surface area (Å²) in [6, 6.07) is 5.62. The van der Waals surface area contributed by atoms with Crippen molar-refractivity contribution < 1.29 is 4.79 Å². The van der Waals surface area contributed by atoms with Crippen LogP contribution in [0.4, 0.5) is 5.69 Å². The van der Waals surface area contributed by atoms with E-state index in [2.05, 4.69) is 12.2 Å². The fourth-order valence-corrected chi connectivity index (χ4v) is 1.76. The van der Waals surface area contributed by atoms with E-state index in [1.54, 1.807) is 0 Å². The van der Waals surface area contributed by atoms with E-state index in [9.17, 15) is 4.79 Å². The van der Waals surface area contributed by atoms with Gasteiger partial charge < -0.3 is 5.32 Å². The molecule has 0 aliphatic carbocycles. The first kappa shape index (κ1) is 14.0. The summed E-state index contributed by atoms with van der Waals surface area (Å²) in [5, 5.41) is 3.67. The minimum absolute atomic E-state index is 0.0112. The summed E-state index contributed by atoms with van der Waals surface area (Å²) in [7, 11) is 0. The summed E-state index contributed by atoms with van der Waals surface area (Å²) in [6.45, 7) is 7.78. The number of carbonyl (C=O) groups excluding carboxylic acids is 1. The quantitative estimate of drug-likeness (QED) is 0.856. The molecule has 1 rings (SSSR count). The second-order valence-electron chi connectivity index (χ2n) is 5.22. The zero-order chi connectivity index (χ0) is 13.1. The van der Waals surface area contributed by atoms with Crippen LogP contribution < -0.4 is 5.32 Å². The Morgan fingerprint density at radius 1 is 1.35 bits per heavy atom. The van der Waals surface area contributed by atoms with Crippen molar-refractivity contribution in [2.75, 3.05) is 5.32 Å². The topological polar surface area (TPSA) is 29.1 Å². The third-order valence-corrected chi connectivity index (χ3v) is 2.90. The predicted octanol–water partition coefficient (Wildman–Crippen LogP) is 4.28. The van der Waals surface area contributed by atoms with Crippen molar-refractivity contribution in [2.45, 2.75) is 40.5 Å². The lowest BCUT2D eigenvalue weighted by Crippen LogP contribution is -2.28. The highest BCUT2D eigenvalue weighted by Crippen LogP contribution is 2.27. The number of hydrogen-bond donors (Lipinski definition) is 1. The molecule has 94 valence electrons. The highest BCUT2D eigenvalue weighted by atomic mass is 35.5. The van der Waals surface area contributed by atoms with E-state index >= 15 is 0 Å². The van der Waals surface area contributed by atoms with E-state index in [0.717, 1.165) is 29.1 Å². The zero-order valence-corrected chi connectivity index (χ0v) is 11.7. The van der Waals surface area contributed by atoms with Gasteiger partial charge in [-0.15, -0.1) is 0 Å². The van der Waals surface area contributed by atoms with Crippen molar-refractivity contribution in [1.29, 1.82) is 0 Å². The maximum absolute atomic E-state index is 11.9. The Bertz CT molecular complexity index is 407. The van der Waals surface area contributed by atoms with Crippen LogP contribution in [-0.4, -0.2) is 5.91 Å². The van der Waals surface area contributed by atoms with Crippen LogP contribution in [0.3, 0.4) is 0 Å². The van der Waals surface area contributed by atoms with Gasteiger partial charge >= 0.3 is 0 Å². The highest BCUT2D eigenvalue weighted by molar-refractivity contribution is 6.31. The maximum atomic E-state index is 11.9. The van der Waals surface area contributed by atoms with Gasteiger partial charge in [0.15, 0.2) is 0 Å². The van der Waals surface area contributed by atoms with Gasteiger partial charge in [-0.25, -0.2) is 0 Å². The molecule has 1 aromatic carbocycles. The number of amides is 1. The summed E-state index contributed by atoms with van der Waals surface area (Å²) in [6.07, 6.45) is 1.88. The number of halogens is 1. The summed E-state index contributed by atoms with van der Waals surface area (Å²) in [5.41, 5.74) is 1.46. The molecule has 0 spiro atoms. The Morgan fingerprint density at radius 2 is 2.00 bits per heavy atom. The number of anilines is 1. The molecule has 0 bridgehead atoms. The van der Waals surface area contributed by atoms with E-state index in [4.69, 9.17) is 11.6 Å². The molecular formula is C14H20ClNO. The van der Waals surface area contributed by atoms with Gasteiger partial charge in [-0.1, -0.05) is 51.8 Å². The molecule has 0 unspecified atom stereocenters. The molecule has 0 aliphatic rings. The first-order chi connectivity index (χ1) is 7.86. The van der Waals surface area contributed by atoms with E-state index in [1.807, 2.05) is 39.0 Å². The lowest BCUT2D eigenvalue weighted by Gasteiger charge is -2.19. The minimum atomic E-state index is -0.397. The summed E-state index contributed by atoms with van der Waals surface area (Å²) in [4.78, 5) is 11.9. The van der Waals surface area contributed by atoms with Crippen molar-refractivity contribution in [2.24, 2.45) is 5.41 Å². The third-order valence-electron chi connectivity index (χ3n) is 2.55. The van der Waals surface area contributed by atoms with Crippen LogP contribution in [0, 0.1) is 5.41 Å². The van der Waals surface area contributed by atoms with E-state index in [1.165, 1.54) is 0 Å². The molecule has 0 atom stereocenters. The molecule has 0 radical (unpaired) electrons. The normalized spacial score (nSPS) is 11.4. The molecule has 1 N–H and O–H groups in total. The van der Waals surface area contributed by atoms with Crippen LogP contribution in [0.5, 0.6) is 0 Å². The lowest BCUT2D eigenvalue weighted by molar-refractivity contribution is -0.123. The largest absolute Gasteiger partial charge is 0.325 e. The van der Waals surface area contributed by atoms with E-state index in [0.29, 0.717) is 0 Å². The average Bonchev–Trinajstić information content (AvgIpc) is 2.21. The maximum Gasteiger partial charge on any atom is 0.229 e. The Balaban J connectivity index is 2.98. The first-order valence-corrected chi connectivity index (χ1v) is 6.33. The molecule has 1 amide bonds. The molecule has 0 aliphatic heterocycles. The van der Waals surface area contributed by atoms with Crippen LogP contribution >= 0.6 is 11.6 Å². The van der Waals surface area contributed by atoms with Crippen LogP contribution in [0.15, 0.2) is 18.2 Å². The number of carbonyl (C=O) groups is 1. The second-order valence-corrected chi connectivity index (χ2v) is 5.63. The summed E-state index contributed by atoms with van der Waals surface area (Å²) >= 11 is 6.15. The van der Waals surface area contributed by atoms with Crippen molar-refractivity contribution >= 4 is 23.2 Å². The van der Waals surface area contributed by atoms with Gasteiger partial charge in [0.1, 0.15) is 0 Å². The standard InChI is InChI=1S/C14H20ClNO/c1-5-7-10-11(15)8-6-9-12(10)16-13(17)14(2,3)4/h6,8-9H,5,7H2,1-4H3,(H,16,17). The van der Waals surface area contributed by atoms with Gasteiger partial charge in [-0.3, -0.25) is 4.79 Å². The van der Waals surface area contributed by atoms with Gasteiger partial charge in [0, 0.05) is 16.1 Å². The van der Waals surface area contributed by atoms with Gasteiger partial charge in [0.2, 0.25) is 5.91 Å². The van der Waals surface area contributed by atoms with Crippen LogP contribution in [-0.2, 0) is 11.2 Å². The zero-order valence-electron chi connectivity index (χ0n) is 10.9. The molecule has 0 heterocycles. The molecule has 0 aromatic heterocycles. The van der Waals surface area contributed by atoms with Crippen LogP contribution in [0.1, 0.15) is 39.7 Å². The number of benzene rings is 1. The molecule has 3 heteroatoms. The fraction of sp³-hybridized carbons (Fsp3) is 0.500. The van der Waals surface area contributed by atoms with Crippen LogP contribution in [0.2, 0.25) is 5.02 Å². The highest BCUT2D eigenvalue weighted by Gasteiger charge is 2.22. The average molecular weight is 254 g/mol. The van der Waals surface area contributed by atoms with Crippen LogP contribution in [0.25, 0.3) is 0 Å². The van der Waals surface area contributed by atoms with Gasteiger partial charge in [0.05, 0.1) is 0 Å². The van der Waals surface area contributed by atoms with Crippen molar-refractivity contribution in [3.05, 3.63) is 28.8 Å². The second kappa shape index (κ2) is 5.54. The Hall–Kier alpha value is -1.02. The van der Waals surface area contributed by atoms with Gasteiger partial charge in [-0.05, 0) is 24.1 Å². The molecule has 1 aromatic rings. The molecule has 0 saturated heterocycles. The number of rotatable bonds is 3. The fourth-order valence-electron chi connectivity index (χ4n) is 1.49. The van der Waals surface area contributed by atoms with Crippen molar-refractivity contribution in [1.82, 2.24) is 0 Å². The van der Waals surface area contributed by atoms with Gasteiger partial charge in [0.25, 0.3) is 0 Å². The Kier molecular flexibility index (Phi) is 4.58. The SMILES string of the molecule is CCCc1c(Cl)cccc1NC(=O)C(C)(C)C. The van der Waals surface area contributed by atoms with Crippen molar-refractivity contribution in [3.8, 4) is 0 Å². The molecule has 2 nitrogen and oxygen atoms in total. The molecule has 0 saturated carbocycles. The first-order valence-electron chi connectivity index (χ1n) is 5.95. The molecule has 17 heavy (non-hydrogen) atoms. The number of hydrogen-bond acceptors (Lipinski definition) is 1. The molecular weight excluding hydrogens is 234 g/mol. The Morgan fingerprint density at radius 3 is 2.53 bits per heavy atom. The number of nitrogens with one attached hydrogen (secondary N) is 1. The predicted molar refractivity (Wildman–Crippen MR) is 73.5 cm³/mol. The summed E-state index contributed by atoms with van der Waals surface area (Å²) < 4.78 is 0. The molecule has 0 fully saturated rings. The monoisotopic (exact) mass is 253 g/mol.